The zero-order valence-electron chi connectivity index (χ0n) is 19.4. The molecule has 4 rings (SSSR count). The molecule has 0 aromatic heterocycles. The number of nitrogens with one attached hydrogen (secondary N) is 2. The predicted octanol–water partition coefficient (Wildman–Crippen LogP) is 4.42. The Morgan fingerprint density at radius 2 is 1.50 bits per heavy atom. The first-order valence-electron chi connectivity index (χ1n) is 10.9. The number of ether oxygens (including phenoxy) is 5. The summed E-state index contributed by atoms with van der Waals surface area (Å²) >= 11 is 0. The topological polar surface area (TPSA) is 87.3 Å². The van der Waals surface area contributed by atoms with Gasteiger partial charge in [0, 0.05) is 12.1 Å². The lowest BCUT2D eigenvalue weighted by Gasteiger charge is -2.20. The van der Waals surface area contributed by atoms with E-state index in [1.165, 1.54) is 0 Å². The van der Waals surface area contributed by atoms with Crippen LogP contribution in [-0.2, 0) is 12.8 Å². The normalized spacial score (nSPS) is 12.6. The highest BCUT2D eigenvalue weighted by Gasteiger charge is 2.19. The van der Waals surface area contributed by atoms with Crippen molar-refractivity contribution < 1.29 is 28.5 Å². The number of methoxy groups -OCH3 is 3. The van der Waals surface area contributed by atoms with Gasteiger partial charge in [-0.3, -0.25) is 0 Å². The SMILES string of the molecule is COc1ccc(CC(Cc2ccc3c(c2)OCO3)NC(=O)Nc2ccc(OC)cc2OC)cc1. The van der Waals surface area contributed by atoms with Gasteiger partial charge < -0.3 is 34.3 Å². The minimum atomic E-state index is -0.331. The van der Waals surface area contributed by atoms with Crippen LogP contribution >= 0.6 is 0 Å². The molecule has 8 nitrogen and oxygen atoms in total. The van der Waals surface area contributed by atoms with Crippen LogP contribution in [-0.4, -0.2) is 40.2 Å². The molecular formula is C26H28N2O6. The lowest BCUT2D eigenvalue weighted by atomic mass is 9.98. The number of benzene rings is 3. The van der Waals surface area contributed by atoms with Gasteiger partial charge in [0.25, 0.3) is 0 Å². The van der Waals surface area contributed by atoms with Gasteiger partial charge in [0.2, 0.25) is 6.79 Å². The van der Waals surface area contributed by atoms with Gasteiger partial charge in [0.15, 0.2) is 11.5 Å². The van der Waals surface area contributed by atoms with Gasteiger partial charge in [0.05, 0.1) is 27.0 Å². The first-order chi connectivity index (χ1) is 16.6. The Balaban J connectivity index is 1.50. The number of hydrogen-bond donors (Lipinski definition) is 2. The Morgan fingerprint density at radius 3 is 2.24 bits per heavy atom. The van der Waals surface area contributed by atoms with Gasteiger partial charge >= 0.3 is 6.03 Å². The van der Waals surface area contributed by atoms with Gasteiger partial charge in [0.1, 0.15) is 17.2 Å². The Morgan fingerprint density at radius 1 is 0.824 bits per heavy atom. The van der Waals surface area contributed by atoms with Crippen molar-refractivity contribution >= 4 is 11.7 Å². The Labute approximate surface area is 198 Å². The van der Waals surface area contributed by atoms with Crippen molar-refractivity contribution in [3.8, 4) is 28.7 Å². The summed E-state index contributed by atoms with van der Waals surface area (Å²) in [4.78, 5) is 12.9. The Kier molecular flexibility index (Phi) is 7.27. The van der Waals surface area contributed by atoms with Crippen LogP contribution in [0.2, 0.25) is 0 Å². The molecule has 0 radical (unpaired) electrons. The minimum absolute atomic E-state index is 0.182. The molecule has 1 aliphatic heterocycles. The summed E-state index contributed by atoms with van der Waals surface area (Å²) in [7, 11) is 4.76. The Bertz CT molecular complexity index is 1130. The van der Waals surface area contributed by atoms with E-state index in [9.17, 15) is 4.79 Å². The number of carbonyl (C=O) groups is 1. The first kappa shape index (κ1) is 23.1. The largest absolute Gasteiger partial charge is 0.497 e. The molecule has 2 N–H and O–H groups in total. The molecule has 0 saturated heterocycles. The standard InChI is InChI=1S/C26H28N2O6/c1-30-20-7-4-17(5-8-20)12-19(13-18-6-11-23-25(14-18)34-16-33-23)27-26(29)28-22-10-9-21(31-2)15-24(22)32-3/h4-11,14-15,19H,12-13,16H2,1-3H3,(H2,27,28,29). The van der Waals surface area contributed by atoms with Gasteiger partial charge in [-0.25, -0.2) is 4.79 Å². The van der Waals surface area contributed by atoms with Crippen LogP contribution in [0.3, 0.4) is 0 Å². The summed E-state index contributed by atoms with van der Waals surface area (Å²) in [5, 5.41) is 5.98. The fourth-order valence-corrected chi connectivity index (χ4v) is 3.82. The highest BCUT2D eigenvalue weighted by Crippen LogP contribution is 2.33. The molecule has 0 spiro atoms. The van der Waals surface area contributed by atoms with Crippen molar-refractivity contribution in [2.75, 3.05) is 33.4 Å². The number of urea groups is 1. The molecule has 1 unspecified atom stereocenters. The van der Waals surface area contributed by atoms with E-state index < -0.39 is 0 Å². The molecule has 1 atom stereocenters. The molecule has 1 heterocycles. The first-order valence-corrected chi connectivity index (χ1v) is 10.9. The third kappa shape index (κ3) is 5.64. The van der Waals surface area contributed by atoms with E-state index in [1.807, 2.05) is 42.5 Å². The predicted molar refractivity (Wildman–Crippen MR) is 128 cm³/mol. The third-order valence-corrected chi connectivity index (χ3v) is 5.55. The van der Waals surface area contributed by atoms with Crippen molar-refractivity contribution in [1.82, 2.24) is 5.32 Å². The van der Waals surface area contributed by atoms with E-state index in [2.05, 4.69) is 10.6 Å². The second-order valence-electron chi connectivity index (χ2n) is 7.81. The lowest BCUT2D eigenvalue weighted by molar-refractivity contribution is 0.174. The maximum absolute atomic E-state index is 12.9. The number of amides is 2. The molecule has 8 heteroatoms. The van der Waals surface area contributed by atoms with Crippen molar-refractivity contribution in [2.45, 2.75) is 18.9 Å². The average molecular weight is 465 g/mol. The van der Waals surface area contributed by atoms with Crippen LogP contribution in [0, 0.1) is 0 Å². The zero-order chi connectivity index (χ0) is 23.9. The molecule has 3 aromatic rings. The minimum Gasteiger partial charge on any atom is -0.497 e. The highest BCUT2D eigenvalue weighted by atomic mass is 16.7. The number of fused-ring (bicyclic) bond motifs is 1. The highest BCUT2D eigenvalue weighted by molar-refractivity contribution is 5.91. The summed E-state index contributed by atoms with van der Waals surface area (Å²) in [6, 6.07) is 18.4. The molecule has 0 saturated carbocycles. The number of hydrogen-bond acceptors (Lipinski definition) is 6. The van der Waals surface area contributed by atoms with Crippen LogP contribution in [0.4, 0.5) is 10.5 Å². The molecule has 1 aliphatic rings. The van der Waals surface area contributed by atoms with E-state index >= 15 is 0 Å². The maximum Gasteiger partial charge on any atom is 0.319 e. The summed E-state index contributed by atoms with van der Waals surface area (Å²) in [5.41, 5.74) is 2.66. The summed E-state index contributed by atoms with van der Waals surface area (Å²) in [6.45, 7) is 0.221. The quantitative estimate of drug-likeness (QED) is 0.488. The van der Waals surface area contributed by atoms with Crippen molar-refractivity contribution in [1.29, 1.82) is 0 Å². The number of carbonyl (C=O) groups excluding carboxylic acids is 1. The second-order valence-corrected chi connectivity index (χ2v) is 7.81. The van der Waals surface area contributed by atoms with Crippen molar-refractivity contribution in [3.63, 3.8) is 0 Å². The molecule has 3 aromatic carbocycles. The van der Waals surface area contributed by atoms with Gasteiger partial charge in [-0.15, -0.1) is 0 Å². The van der Waals surface area contributed by atoms with E-state index in [0.717, 1.165) is 22.6 Å². The van der Waals surface area contributed by atoms with Crippen LogP contribution in [0.1, 0.15) is 11.1 Å². The fraction of sp³-hybridized carbons (Fsp3) is 0.269. The van der Waals surface area contributed by atoms with Crippen LogP contribution in [0.5, 0.6) is 28.7 Å². The van der Waals surface area contributed by atoms with Crippen molar-refractivity contribution in [3.05, 3.63) is 71.8 Å². The van der Waals surface area contributed by atoms with E-state index in [1.54, 1.807) is 39.5 Å². The molecule has 0 aliphatic carbocycles. The molecule has 2 amide bonds. The van der Waals surface area contributed by atoms with Gasteiger partial charge in [-0.1, -0.05) is 18.2 Å². The average Bonchev–Trinajstić information content (AvgIpc) is 3.32. The van der Waals surface area contributed by atoms with Crippen LogP contribution in [0.15, 0.2) is 60.7 Å². The van der Waals surface area contributed by atoms with E-state index in [4.69, 9.17) is 23.7 Å². The summed E-state index contributed by atoms with van der Waals surface area (Å²) in [5.74, 6) is 3.38. The Hall–Kier alpha value is -4.07. The molecule has 0 fully saturated rings. The lowest BCUT2D eigenvalue weighted by Crippen LogP contribution is -2.40. The van der Waals surface area contributed by atoms with Crippen LogP contribution in [0.25, 0.3) is 0 Å². The zero-order valence-corrected chi connectivity index (χ0v) is 19.4. The van der Waals surface area contributed by atoms with E-state index in [0.29, 0.717) is 35.8 Å². The van der Waals surface area contributed by atoms with Gasteiger partial charge in [-0.2, -0.15) is 0 Å². The number of anilines is 1. The summed E-state index contributed by atoms with van der Waals surface area (Å²) in [6.07, 6.45) is 1.24. The molecule has 0 bridgehead atoms. The summed E-state index contributed by atoms with van der Waals surface area (Å²) < 4.78 is 26.8. The number of rotatable bonds is 9. The van der Waals surface area contributed by atoms with Gasteiger partial charge in [-0.05, 0) is 60.4 Å². The molecular weight excluding hydrogens is 436 g/mol. The van der Waals surface area contributed by atoms with E-state index in [-0.39, 0.29) is 18.9 Å². The monoisotopic (exact) mass is 464 g/mol. The molecule has 34 heavy (non-hydrogen) atoms. The smallest absolute Gasteiger partial charge is 0.319 e. The second kappa shape index (κ2) is 10.7. The fourth-order valence-electron chi connectivity index (χ4n) is 3.82. The third-order valence-electron chi connectivity index (χ3n) is 5.55. The maximum atomic E-state index is 12.9. The van der Waals surface area contributed by atoms with Crippen molar-refractivity contribution in [2.24, 2.45) is 0 Å². The molecule has 178 valence electrons. The van der Waals surface area contributed by atoms with Crippen LogP contribution < -0.4 is 34.3 Å².